The van der Waals surface area contributed by atoms with Gasteiger partial charge in [0.25, 0.3) is 11.6 Å². The number of aryl methyl sites for hydroxylation is 2. The molecule has 3 aromatic rings. The van der Waals surface area contributed by atoms with Crippen LogP contribution < -0.4 is 10.2 Å². The zero-order valence-electron chi connectivity index (χ0n) is 17.7. The van der Waals surface area contributed by atoms with Crippen LogP contribution in [-0.2, 0) is 6.54 Å². The number of hydrogen-bond acceptors (Lipinski definition) is 5. The molecule has 1 aromatic heterocycles. The molecule has 0 unspecified atom stereocenters. The number of fused-ring (bicyclic) bond motifs is 1. The van der Waals surface area contributed by atoms with Crippen LogP contribution in [0.3, 0.4) is 0 Å². The van der Waals surface area contributed by atoms with E-state index in [1.807, 2.05) is 31.2 Å². The van der Waals surface area contributed by atoms with Gasteiger partial charge in [-0.25, -0.2) is 4.98 Å². The Hall–Kier alpha value is -3.42. The first-order valence-corrected chi connectivity index (χ1v) is 10.8. The number of carbonyl (C=O) groups excluding carboxylic acids is 1. The van der Waals surface area contributed by atoms with Gasteiger partial charge in [-0.05, 0) is 50.8 Å². The molecule has 0 atom stereocenters. The number of piperidine rings is 1. The smallest absolute Gasteiger partial charge is 0.270 e. The molecule has 8 nitrogen and oxygen atoms in total. The summed E-state index contributed by atoms with van der Waals surface area (Å²) in [5.41, 5.74) is 3.13. The molecular formula is C23H27N5O3. The molecule has 1 amide bonds. The molecule has 2 heterocycles. The number of nitrogens with one attached hydrogen (secondary N) is 1. The summed E-state index contributed by atoms with van der Waals surface area (Å²) in [5.74, 6) is 0.676. The molecule has 1 N–H and O–H groups in total. The van der Waals surface area contributed by atoms with E-state index in [4.69, 9.17) is 0 Å². The fourth-order valence-corrected chi connectivity index (χ4v) is 4.24. The second kappa shape index (κ2) is 9.16. The first-order chi connectivity index (χ1) is 15.0. The van der Waals surface area contributed by atoms with Crippen LogP contribution in [0.2, 0.25) is 0 Å². The highest BCUT2D eigenvalue weighted by Gasteiger charge is 2.21. The van der Waals surface area contributed by atoms with Crippen LogP contribution in [0, 0.1) is 17.0 Å². The number of carbonyl (C=O) groups is 1. The van der Waals surface area contributed by atoms with Crippen molar-refractivity contribution >= 4 is 28.3 Å². The standard InChI is InChI=1S/C23H27N5O3/c1-17-25-20-8-3-4-9-22(20)27(17)15-7-12-24-23(29)19-16-18(28(30)31)10-11-21(19)26-13-5-2-6-14-26/h3-4,8-11,16H,2,5-7,12-15H2,1H3,(H,24,29). The molecule has 1 aliphatic heterocycles. The Morgan fingerprint density at radius 3 is 2.71 bits per heavy atom. The number of non-ortho nitro benzene ring substituents is 1. The van der Waals surface area contributed by atoms with Crippen molar-refractivity contribution in [3.8, 4) is 0 Å². The number of para-hydroxylation sites is 2. The number of rotatable bonds is 7. The largest absolute Gasteiger partial charge is 0.371 e. The molecule has 1 saturated heterocycles. The second-order valence-electron chi connectivity index (χ2n) is 7.92. The summed E-state index contributed by atoms with van der Waals surface area (Å²) in [6.45, 7) is 4.93. The summed E-state index contributed by atoms with van der Waals surface area (Å²) in [6, 6.07) is 12.6. The Bertz CT molecular complexity index is 1100. The van der Waals surface area contributed by atoms with Gasteiger partial charge in [0.15, 0.2) is 0 Å². The van der Waals surface area contributed by atoms with Gasteiger partial charge in [0.1, 0.15) is 5.82 Å². The van der Waals surface area contributed by atoms with Crippen LogP contribution in [0.15, 0.2) is 42.5 Å². The van der Waals surface area contributed by atoms with Crippen LogP contribution in [0.4, 0.5) is 11.4 Å². The Kier molecular flexibility index (Phi) is 6.16. The zero-order valence-corrected chi connectivity index (χ0v) is 17.7. The van der Waals surface area contributed by atoms with Crippen molar-refractivity contribution in [3.05, 3.63) is 64.0 Å². The number of nitrogens with zero attached hydrogens (tertiary/aromatic N) is 4. The number of benzene rings is 2. The molecule has 1 aliphatic rings. The predicted octanol–water partition coefficient (Wildman–Crippen LogP) is 4.06. The van der Waals surface area contributed by atoms with Gasteiger partial charge in [0.2, 0.25) is 0 Å². The topological polar surface area (TPSA) is 93.3 Å². The maximum absolute atomic E-state index is 12.9. The third-order valence-corrected chi connectivity index (χ3v) is 5.82. The van der Waals surface area contributed by atoms with E-state index in [0.717, 1.165) is 61.4 Å². The van der Waals surface area contributed by atoms with Crippen LogP contribution in [0.5, 0.6) is 0 Å². The first-order valence-electron chi connectivity index (χ1n) is 10.8. The fraction of sp³-hybridized carbons (Fsp3) is 0.391. The Balaban J connectivity index is 1.44. The third kappa shape index (κ3) is 4.52. The molecule has 8 heteroatoms. The number of amides is 1. The molecule has 4 rings (SSSR count). The fourth-order valence-electron chi connectivity index (χ4n) is 4.24. The first kappa shape index (κ1) is 20.8. The quantitative estimate of drug-likeness (QED) is 0.353. The van der Waals surface area contributed by atoms with E-state index in [2.05, 4.69) is 19.8 Å². The molecular weight excluding hydrogens is 394 g/mol. The van der Waals surface area contributed by atoms with Gasteiger partial charge in [0.05, 0.1) is 27.2 Å². The van der Waals surface area contributed by atoms with Crippen LogP contribution in [-0.4, -0.2) is 40.0 Å². The van der Waals surface area contributed by atoms with Crippen molar-refractivity contribution in [1.82, 2.24) is 14.9 Å². The van der Waals surface area contributed by atoms with Gasteiger partial charge in [-0.15, -0.1) is 0 Å². The maximum atomic E-state index is 12.9. The van der Waals surface area contributed by atoms with Crippen molar-refractivity contribution in [2.24, 2.45) is 0 Å². The highest BCUT2D eigenvalue weighted by Crippen LogP contribution is 2.28. The summed E-state index contributed by atoms with van der Waals surface area (Å²) in [5, 5.41) is 14.2. The summed E-state index contributed by atoms with van der Waals surface area (Å²) in [7, 11) is 0. The van der Waals surface area contributed by atoms with E-state index in [0.29, 0.717) is 12.1 Å². The lowest BCUT2D eigenvalue weighted by atomic mass is 10.1. The number of imidazole rings is 1. The lowest BCUT2D eigenvalue weighted by molar-refractivity contribution is -0.384. The van der Waals surface area contributed by atoms with Gasteiger partial charge < -0.3 is 14.8 Å². The number of anilines is 1. The molecule has 0 aliphatic carbocycles. The summed E-state index contributed by atoms with van der Waals surface area (Å²) >= 11 is 0. The van der Waals surface area contributed by atoms with E-state index in [1.54, 1.807) is 6.07 Å². The lowest BCUT2D eigenvalue weighted by Crippen LogP contribution is -2.33. The van der Waals surface area contributed by atoms with E-state index < -0.39 is 4.92 Å². The summed E-state index contributed by atoms with van der Waals surface area (Å²) in [6.07, 6.45) is 4.04. The number of nitro benzene ring substituents is 1. The van der Waals surface area contributed by atoms with Crippen molar-refractivity contribution < 1.29 is 9.72 Å². The van der Waals surface area contributed by atoms with Gasteiger partial charge >= 0.3 is 0 Å². The van der Waals surface area contributed by atoms with Crippen molar-refractivity contribution in [2.75, 3.05) is 24.5 Å². The van der Waals surface area contributed by atoms with E-state index >= 15 is 0 Å². The minimum atomic E-state index is -0.455. The Morgan fingerprint density at radius 2 is 1.94 bits per heavy atom. The molecule has 0 bridgehead atoms. The van der Waals surface area contributed by atoms with Gasteiger partial charge in [0, 0.05) is 38.3 Å². The average Bonchev–Trinajstić information content (AvgIpc) is 3.11. The SMILES string of the molecule is Cc1nc2ccccc2n1CCCNC(=O)c1cc([N+](=O)[O-])ccc1N1CCCCC1. The molecule has 0 spiro atoms. The van der Waals surface area contributed by atoms with Crippen LogP contribution in [0.1, 0.15) is 41.9 Å². The molecule has 2 aromatic carbocycles. The Labute approximate surface area is 181 Å². The Morgan fingerprint density at radius 1 is 1.16 bits per heavy atom. The number of hydrogen-bond donors (Lipinski definition) is 1. The monoisotopic (exact) mass is 421 g/mol. The van der Waals surface area contributed by atoms with E-state index in [9.17, 15) is 14.9 Å². The highest BCUT2D eigenvalue weighted by atomic mass is 16.6. The van der Waals surface area contributed by atoms with Gasteiger partial charge in [-0.2, -0.15) is 0 Å². The molecule has 162 valence electrons. The minimum absolute atomic E-state index is 0.0635. The number of aromatic nitrogens is 2. The van der Waals surface area contributed by atoms with Crippen LogP contribution in [0.25, 0.3) is 11.0 Å². The highest BCUT2D eigenvalue weighted by molar-refractivity contribution is 6.00. The second-order valence-corrected chi connectivity index (χ2v) is 7.92. The van der Waals surface area contributed by atoms with E-state index in [1.165, 1.54) is 18.6 Å². The zero-order chi connectivity index (χ0) is 21.8. The van der Waals surface area contributed by atoms with Crippen molar-refractivity contribution in [2.45, 2.75) is 39.2 Å². The summed E-state index contributed by atoms with van der Waals surface area (Å²) in [4.78, 5) is 30.5. The predicted molar refractivity (Wildman–Crippen MR) is 121 cm³/mol. The van der Waals surface area contributed by atoms with Gasteiger partial charge in [-0.1, -0.05) is 12.1 Å². The minimum Gasteiger partial charge on any atom is -0.371 e. The molecule has 0 radical (unpaired) electrons. The van der Waals surface area contributed by atoms with E-state index in [-0.39, 0.29) is 11.6 Å². The molecule has 31 heavy (non-hydrogen) atoms. The average molecular weight is 422 g/mol. The normalized spacial score (nSPS) is 14.0. The molecule has 0 saturated carbocycles. The maximum Gasteiger partial charge on any atom is 0.270 e. The molecule has 1 fully saturated rings. The third-order valence-electron chi connectivity index (χ3n) is 5.82. The van der Waals surface area contributed by atoms with Crippen LogP contribution >= 0.6 is 0 Å². The van der Waals surface area contributed by atoms with Gasteiger partial charge in [-0.3, -0.25) is 14.9 Å². The number of nitro groups is 1. The lowest BCUT2D eigenvalue weighted by Gasteiger charge is -2.30. The van der Waals surface area contributed by atoms with Crippen molar-refractivity contribution in [3.63, 3.8) is 0 Å². The van der Waals surface area contributed by atoms with Crippen molar-refractivity contribution in [1.29, 1.82) is 0 Å². The summed E-state index contributed by atoms with van der Waals surface area (Å²) < 4.78 is 2.15.